The minimum atomic E-state index is -2.47. The normalized spacial score (nSPS) is 21.4. The summed E-state index contributed by atoms with van der Waals surface area (Å²) >= 11 is 0. The number of halogens is 2. The highest BCUT2D eigenvalue weighted by Gasteiger charge is 2.40. The van der Waals surface area contributed by atoms with E-state index in [-0.39, 0.29) is 30.8 Å². The van der Waals surface area contributed by atoms with Crippen molar-refractivity contribution in [3.63, 3.8) is 0 Å². The van der Waals surface area contributed by atoms with Crippen LogP contribution in [-0.4, -0.2) is 17.1 Å². The molecule has 0 aromatic carbocycles. The molecule has 1 unspecified atom stereocenters. The third-order valence-electron chi connectivity index (χ3n) is 17.4. The summed E-state index contributed by atoms with van der Waals surface area (Å²) in [7, 11) is 0. The van der Waals surface area contributed by atoms with Gasteiger partial charge in [0.1, 0.15) is 0 Å². The lowest BCUT2D eigenvalue weighted by atomic mass is 9.80. The van der Waals surface area contributed by atoms with E-state index in [1.165, 1.54) is 76.2 Å². The Kier molecular flexibility index (Phi) is 30.7. The van der Waals surface area contributed by atoms with E-state index in [4.69, 9.17) is 0 Å². The zero-order valence-corrected chi connectivity index (χ0v) is 54.6. The van der Waals surface area contributed by atoms with Crippen LogP contribution in [0.15, 0.2) is 66.9 Å². The van der Waals surface area contributed by atoms with Crippen LogP contribution < -0.4 is 0 Å². The zero-order chi connectivity index (χ0) is 57.3. The summed E-state index contributed by atoms with van der Waals surface area (Å²) in [5.74, 6) is 6.40. The van der Waals surface area contributed by atoms with E-state index in [2.05, 4.69) is 159 Å². The number of aliphatic hydroxyl groups is 1. The lowest BCUT2D eigenvalue weighted by Gasteiger charge is -2.28. The number of allylic oxidation sites excluding steroid dienone is 11. The maximum absolute atomic E-state index is 13.1. The van der Waals surface area contributed by atoms with Gasteiger partial charge in [-0.3, -0.25) is 0 Å². The van der Waals surface area contributed by atoms with E-state index in [0.29, 0.717) is 17.3 Å². The zero-order valence-electron chi connectivity index (χ0n) is 54.6. The van der Waals surface area contributed by atoms with Crippen molar-refractivity contribution < 1.29 is 13.9 Å². The molecule has 0 bridgehead atoms. The molecule has 0 aliphatic heterocycles. The van der Waals surface area contributed by atoms with Crippen LogP contribution in [0.5, 0.6) is 0 Å². The first kappa shape index (κ1) is 70.3. The summed E-state index contributed by atoms with van der Waals surface area (Å²) in [6.45, 7) is 61.4. The fraction of sp³-hybridized carbons (Fsp3) is 0.831. The molecule has 0 saturated carbocycles. The van der Waals surface area contributed by atoms with Gasteiger partial charge in [0, 0.05) is 12.8 Å². The highest BCUT2D eigenvalue weighted by molar-refractivity contribution is 5.29. The second-order valence-corrected chi connectivity index (χ2v) is 28.9. The third kappa shape index (κ3) is 23.3. The van der Waals surface area contributed by atoms with Gasteiger partial charge in [-0.25, -0.2) is 8.78 Å². The van der Waals surface area contributed by atoms with Gasteiger partial charge in [0.05, 0.1) is 6.10 Å². The molecule has 3 heteroatoms. The van der Waals surface area contributed by atoms with Gasteiger partial charge in [0.2, 0.25) is 0 Å². The quantitative estimate of drug-likeness (QED) is 0.193. The minimum absolute atomic E-state index is 0.0157. The number of aliphatic hydroxyl groups excluding tert-OH is 1. The average molecular weight is 1040 g/mol. The predicted molar refractivity (Wildman–Crippen MR) is 328 cm³/mol. The van der Waals surface area contributed by atoms with Crippen molar-refractivity contribution >= 4 is 0 Å². The first-order valence-electron chi connectivity index (χ1n) is 31.3. The number of rotatable bonds is 12. The van der Waals surface area contributed by atoms with E-state index in [9.17, 15) is 13.9 Å². The summed E-state index contributed by atoms with van der Waals surface area (Å²) in [5.41, 5.74) is 19.6. The standard InChI is InChI=1S/C13H24.C12H22O.2C12H22.C11H18F2.C11H20/c1-9(2)11-7-13(5,6)8-12(11)10(3)4;1-8(2)11-6-5-10(13)7-12(11)9(3)4;1-8(2)11-6-10(5)7-12(11)9(3)4;1-9(2)11-7-5-6-8-12(11)10(3)4;1-7(2)9-5-11(12,13)6-10(9)8(3)4;1-8(2)10-6-5-7-11(10)9(3)4/h9-10H,7-8H2,1-6H3;8-10,13H,5-7H2,1-4H3;8-10H,6-7H2,1-5H3;9-10H,5-8H2,1-4H3;7-8H,5-6H2,1-4H3;8-9H,5-7H2,1-4H3. The Labute approximate surface area is 462 Å². The van der Waals surface area contributed by atoms with Gasteiger partial charge in [-0.2, -0.15) is 0 Å². The van der Waals surface area contributed by atoms with Gasteiger partial charge >= 0.3 is 0 Å². The second kappa shape index (κ2) is 32.4. The lowest BCUT2D eigenvalue weighted by molar-refractivity contribution is 0.0104. The molecule has 1 nitrogen and oxygen atoms in total. The summed E-state index contributed by atoms with van der Waals surface area (Å²) in [5, 5.41) is 9.59. The molecule has 6 aliphatic carbocycles. The Morgan fingerprint density at radius 1 is 0.324 bits per heavy atom. The van der Waals surface area contributed by atoms with E-state index >= 15 is 0 Å². The molecule has 0 fully saturated rings. The predicted octanol–water partition coefficient (Wildman–Crippen LogP) is 23.6. The molecular formula is C71H128F2O. The summed E-state index contributed by atoms with van der Waals surface area (Å²) in [4.78, 5) is 0. The molecule has 0 aromatic heterocycles. The number of hydrogen-bond donors (Lipinski definition) is 1. The van der Waals surface area contributed by atoms with Crippen molar-refractivity contribution in [2.24, 2.45) is 82.3 Å². The van der Waals surface area contributed by atoms with Crippen LogP contribution in [0.25, 0.3) is 0 Å². The van der Waals surface area contributed by atoms with Crippen molar-refractivity contribution in [3.8, 4) is 0 Å². The van der Waals surface area contributed by atoms with Crippen LogP contribution in [0.3, 0.4) is 0 Å². The van der Waals surface area contributed by atoms with Crippen molar-refractivity contribution in [1.82, 2.24) is 0 Å². The average Bonchev–Trinajstić information content (AvgIpc) is 4.09. The van der Waals surface area contributed by atoms with Crippen molar-refractivity contribution in [2.75, 3.05) is 0 Å². The fourth-order valence-corrected chi connectivity index (χ4v) is 13.4. The van der Waals surface area contributed by atoms with Gasteiger partial charge < -0.3 is 5.11 Å². The lowest BCUT2D eigenvalue weighted by Crippen LogP contribution is -2.19. The van der Waals surface area contributed by atoms with E-state index < -0.39 is 5.92 Å². The topological polar surface area (TPSA) is 20.2 Å². The van der Waals surface area contributed by atoms with E-state index in [1.807, 2.05) is 27.7 Å². The maximum atomic E-state index is 13.1. The molecule has 0 heterocycles. The molecule has 0 radical (unpaired) electrons. The molecular weight excluding hydrogens is 907 g/mol. The monoisotopic (exact) mass is 1030 g/mol. The summed E-state index contributed by atoms with van der Waals surface area (Å²) in [6.07, 6.45) is 17.9. The highest BCUT2D eigenvalue weighted by Crippen LogP contribution is 2.47. The van der Waals surface area contributed by atoms with Gasteiger partial charge in [-0.05, 0) is 172 Å². The molecule has 1 N–H and O–H groups in total. The largest absolute Gasteiger partial charge is 0.393 e. The minimum Gasteiger partial charge on any atom is -0.393 e. The maximum Gasteiger partial charge on any atom is 0.255 e. The van der Waals surface area contributed by atoms with Crippen LogP contribution in [0.4, 0.5) is 8.78 Å². The van der Waals surface area contributed by atoms with Gasteiger partial charge in [0.25, 0.3) is 5.92 Å². The molecule has 0 saturated heterocycles. The Morgan fingerprint density at radius 2 is 0.554 bits per heavy atom. The van der Waals surface area contributed by atoms with Gasteiger partial charge in [-0.15, -0.1) is 0 Å². The highest BCUT2D eigenvalue weighted by atomic mass is 19.3. The second-order valence-electron chi connectivity index (χ2n) is 28.9. The molecule has 0 amide bonds. The Bertz CT molecular complexity index is 1720. The molecule has 0 aromatic rings. The first-order valence-corrected chi connectivity index (χ1v) is 31.3. The fourth-order valence-electron chi connectivity index (χ4n) is 13.4. The van der Waals surface area contributed by atoms with Crippen molar-refractivity contribution in [3.05, 3.63) is 66.9 Å². The Hall–Kier alpha value is -1.74. The smallest absolute Gasteiger partial charge is 0.255 e. The van der Waals surface area contributed by atoms with Crippen LogP contribution in [0.2, 0.25) is 0 Å². The Balaban J connectivity index is 0.000000444. The first-order chi connectivity index (χ1) is 34.0. The van der Waals surface area contributed by atoms with Crippen molar-refractivity contribution in [2.45, 2.75) is 302 Å². The number of hydrogen-bond acceptors (Lipinski definition) is 1. The van der Waals surface area contributed by atoms with E-state index in [1.54, 1.807) is 50.2 Å². The number of alkyl halides is 2. The molecule has 6 rings (SSSR count). The molecule has 0 spiro atoms. The Morgan fingerprint density at radius 3 is 0.824 bits per heavy atom. The molecule has 74 heavy (non-hydrogen) atoms. The van der Waals surface area contributed by atoms with Crippen LogP contribution in [0, 0.1) is 82.3 Å². The SMILES string of the molecule is CC(C)C1=C(C(C)C)CC(C)(C)C1.CC(C)C1=C(C(C)C)CC(F)(F)C1.CC(C)C1=C(C(C)C)CC(O)CC1.CC(C)C1=C(C(C)C)CCC1.CC(C)C1=C(C(C)C)CCCC1.CC1CC(C(C)C)=C(C(C)C)C1. The van der Waals surface area contributed by atoms with Crippen molar-refractivity contribution in [1.29, 1.82) is 0 Å². The third-order valence-corrected chi connectivity index (χ3v) is 17.4. The van der Waals surface area contributed by atoms with Crippen LogP contribution in [-0.2, 0) is 0 Å². The van der Waals surface area contributed by atoms with Crippen LogP contribution in [0.1, 0.15) is 290 Å². The molecule has 1 atom stereocenters. The molecule has 432 valence electrons. The molecule has 6 aliphatic rings. The van der Waals surface area contributed by atoms with Gasteiger partial charge in [-0.1, -0.05) is 254 Å². The van der Waals surface area contributed by atoms with Gasteiger partial charge in [0.15, 0.2) is 0 Å². The van der Waals surface area contributed by atoms with E-state index in [0.717, 1.165) is 83.7 Å². The van der Waals surface area contributed by atoms with Crippen LogP contribution >= 0.6 is 0 Å². The summed E-state index contributed by atoms with van der Waals surface area (Å²) in [6, 6.07) is 0. The summed E-state index contributed by atoms with van der Waals surface area (Å²) < 4.78 is 26.2.